The molecule has 4 rings (SSSR count). The van der Waals surface area contributed by atoms with Gasteiger partial charge in [-0.15, -0.1) is 0 Å². The Balaban J connectivity index is 1.24. The van der Waals surface area contributed by atoms with Crippen molar-refractivity contribution >= 4 is 50.4 Å². The highest BCUT2D eigenvalue weighted by molar-refractivity contribution is 9.10. The van der Waals surface area contributed by atoms with Crippen LogP contribution < -0.4 is 5.32 Å². The molecule has 156 valence electrons. The first-order valence-electron chi connectivity index (χ1n) is 9.87. The smallest absolute Gasteiger partial charge is 0.251 e. The lowest BCUT2D eigenvalue weighted by molar-refractivity contribution is -0.132. The van der Waals surface area contributed by atoms with Gasteiger partial charge in [0.1, 0.15) is 5.52 Å². The van der Waals surface area contributed by atoms with E-state index in [2.05, 4.69) is 26.2 Å². The van der Waals surface area contributed by atoms with Crippen LogP contribution in [0.3, 0.4) is 0 Å². The summed E-state index contributed by atoms with van der Waals surface area (Å²) in [5, 5.41) is 3.44. The van der Waals surface area contributed by atoms with E-state index in [0.717, 1.165) is 28.4 Å². The lowest BCUT2D eigenvalue weighted by Gasteiger charge is -2.30. The fourth-order valence-corrected chi connectivity index (χ4v) is 4.04. The molecule has 1 aliphatic heterocycles. The van der Waals surface area contributed by atoms with Crippen LogP contribution in [0.4, 0.5) is 0 Å². The average Bonchev–Trinajstić information content (AvgIpc) is 3.17. The Morgan fingerprint density at radius 2 is 1.90 bits per heavy atom. The second-order valence-electron chi connectivity index (χ2n) is 7.33. The van der Waals surface area contributed by atoms with E-state index in [9.17, 15) is 9.59 Å². The Morgan fingerprint density at radius 1 is 1.17 bits per heavy atom. The first-order valence-corrected chi connectivity index (χ1v) is 11.0. The van der Waals surface area contributed by atoms with Crippen LogP contribution in [0.5, 0.6) is 0 Å². The minimum absolute atomic E-state index is 0.0499. The van der Waals surface area contributed by atoms with E-state index in [1.54, 1.807) is 24.3 Å². The van der Waals surface area contributed by atoms with Crippen molar-refractivity contribution in [2.45, 2.75) is 25.2 Å². The summed E-state index contributed by atoms with van der Waals surface area (Å²) in [7, 11) is 0. The fraction of sp³-hybridized carbons (Fsp3) is 0.318. The molecule has 6 nitrogen and oxygen atoms in total. The lowest BCUT2D eigenvalue weighted by Crippen LogP contribution is -2.39. The Hall–Kier alpha value is -2.38. The highest BCUT2D eigenvalue weighted by atomic mass is 79.9. The number of aromatic nitrogens is 1. The van der Waals surface area contributed by atoms with Gasteiger partial charge < -0.3 is 14.6 Å². The van der Waals surface area contributed by atoms with Gasteiger partial charge in [-0.3, -0.25) is 9.59 Å². The third-order valence-corrected chi connectivity index (χ3v) is 6.06. The number of hydrogen-bond acceptors (Lipinski definition) is 4. The number of likely N-dealkylation sites (tertiary alicyclic amines) is 1. The van der Waals surface area contributed by atoms with E-state index in [1.165, 1.54) is 0 Å². The zero-order valence-corrected chi connectivity index (χ0v) is 18.6. The van der Waals surface area contributed by atoms with E-state index < -0.39 is 0 Å². The van der Waals surface area contributed by atoms with E-state index >= 15 is 0 Å². The molecule has 0 radical (unpaired) electrons. The number of nitrogens with zero attached hydrogens (tertiary/aromatic N) is 2. The molecule has 1 aromatic heterocycles. The Bertz CT molecular complexity index is 1060. The number of benzene rings is 2. The molecule has 0 unspecified atom stereocenters. The summed E-state index contributed by atoms with van der Waals surface area (Å²) >= 11 is 9.36. The van der Waals surface area contributed by atoms with E-state index in [0.29, 0.717) is 36.1 Å². The van der Waals surface area contributed by atoms with Gasteiger partial charge in [0, 0.05) is 47.0 Å². The van der Waals surface area contributed by atoms with Crippen molar-refractivity contribution in [2.24, 2.45) is 0 Å². The SMILES string of the molecule is O=C(NCCC(=O)N1CCC(c2nc3cc(Cl)ccc3o2)CC1)c1ccc(Br)cc1. The van der Waals surface area contributed by atoms with Gasteiger partial charge in [0.15, 0.2) is 11.5 Å². The Morgan fingerprint density at radius 3 is 2.63 bits per heavy atom. The molecule has 30 heavy (non-hydrogen) atoms. The molecule has 2 heterocycles. The van der Waals surface area contributed by atoms with Gasteiger partial charge in [-0.2, -0.15) is 0 Å². The second kappa shape index (κ2) is 9.18. The van der Waals surface area contributed by atoms with E-state index in [4.69, 9.17) is 16.0 Å². The van der Waals surface area contributed by atoms with Crippen molar-refractivity contribution in [3.05, 3.63) is 63.4 Å². The van der Waals surface area contributed by atoms with Crippen LogP contribution in [0.2, 0.25) is 5.02 Å². The quantitative estimate of drug-likeness (QED) is 0.559. The number of carbonyl (C=O) groups excluding carboxylic acids is 2. The summed E-state index contributed by atoms with van der Waals surface area (Å²) in [4.78, 5) is 31.0. The first kappa shape index (κ1) is 20.9. The highest BCUT2D eigenvalue weighted by Gasteiger charge is 2.27. The van der Waals surface area contributed by atoms with Gasteiger partial charge in [0.2, 0.25) is 5.91 Å². The van der Waals surface area contributed by atoms with Gasteiger partial charge in [-0.05, 0) is 55.3 Å². The predicted molar refractivity (Wildman–Crippen MR) is 119 cm³/mol. The molecule has 2 amide bonds. The number of oxazole rings is 1. The molecule has 8 heteroatoms. The zero-order chi connectivity index (χ0) is 21.1. The van der Waals surface area contributed by atoms with Crippen molar-refractivity contribution in [1.29, 1.82) is 0 Å². The molecule has 0 saturated carbocycles. The second-order valence-corrected chi connectivity index (χ2v) is 8.68. The average molecular weight is 491 g/mol. The Labute approximate surface area is 187 Å². The van der Waals surface area contributed by atoms with Crippen LogP contribution in [-0.2, 0) is 4.79 Å². The number of amides is 2. The maximum absolute atomic E-state index is 12.5. The molecule has 0 spiro atoms. The van der Waals surface area contributed by atoms with Gasteiger partial charge in [-0.25, -0.2) is 4.98 Å². The van der Waals surface area contributed by atoms with Crippen LogP contribution in [0, 0.1) is 0 Å². The minimum Gasteiger partial charge on any atom is -0.440 e. The van der Waals surface area contributed by atoms with Gasteiger partial charge in [-0.1, -0.05) is 27.5 Å². The number of hydrogen-bond donors (Lipinski definition) is 1. The van der Waals surface area contributed by atoms with Crippen LogP contribution in [0.15, 0.2) is 51.4 Å². The molecule has 1 N–H and O–H groups in total. The zero-order valence-electron chi connectivity index (χ0n) is 16.2. The standard InChI is InChI=1S/C22H21BrClN3O3/c23-16-3-1-14(2-4-16)21(29)25-10-7-20(28)27-11-8-15(9-12-27)22-26-18-13-17(24)5-6-19(18)30-22/h1-6,13,15H,7-12H2,(H,25,29). The molecule has 1 saturated heterocycles. The molecule has 0 aliphatic carbocycles. The van der Waals surface area contributed by atoms with Crippen molar-refractivity contribution in [3.8, 4) is 0 Å². The van der Waals surface area contributed by atoms with Crippen molar-refractivity contribution in [2.75, 3.05) is 19.6 Å². The number of fused-ring (bicyclic) bond motifs is 1. The van der Waals surface area contributed by atoms with Crippen LogP contribution in [-0.4, -0.2) is 41.3 Å². The summed E-state index contributed by atoms with van der Waals surface area (Å²) in [6.45, 7) is 1.63. The molecule has 3 aromatic rings. The number of carbonyl (C=O) groups is 2. The minimum atomic E-state index is -0.176. The maximum Gasteiger partial charge on any atom is 0.251 e. The first-order chi connectivity index (χ1) is 14.5. The number of rotatable bonds is 5. The maximum atomic E-state index is 12.5. The summed E-state index contributed by atoms with van der Waals surface area (Å²) in [5.41, 5.74) is 2.07. The molecule has 1 fully saturated rings. The topological polar surface area (TPSA) is 75.4 Å². The normalized spacial score (nSPS) is 14.8. The monoisotopic (exact) mass is 489 g/mol. The molecular formula is C22H21BrClN3O3. The third-order valence-electron chi connectivity index (χ3n) is 5.29. The molecule has 1 aliphatic rings. The lowest BCUT2D eigenvalue weighted by atomic mass is 9.96. The number of halogens is 2. The number of nitrogens with one attached hydrogen (secondary N) is 1. The fourth-order valence-electron chi connectivity index (χ4n) is 3.61. The summed E-state index contributed by atoms with van der Waals surface area (Å²) in [5.74, 6) is 0.775. The van der Waals surface area contributed by atoms with Crippen molar-refractivity contribution in [1.82, 2.24) is 15.2 Å². The van der Waals surface area contributed by atoms with Gasteiger partial charge in [0.05, 0.1) is 0 Å². The predicted octanol–water partition coefficient (Wildman–Crippen LogP) is 4.77. The number of piperidine rings is 1. The third kappa shape index (κ3) is 4.84. The van der Waals surface area contributed by atoms with Gasteiger partial charge >= 0.3 is 0 Å². The molecule has 0 atom stereocenters. The summed E-state index contributed by atoms with van der Waals surface area (Å²) in [6, 6.07) is 12.5. The van der Waals surface area contributed by atoms with E-state index in [-0.39, 0.29) is 24.2 Å². The largest absolute Gasteiger partial charge is 0.440 e. The molecular weight excluding hydrogens is 470 g/mol. The highest BCUT2D eigenvalue weighted by Crippen LogP contribution is 2.31. The van der Waals surface area contributed by atoms with Crippen molar-refractivity contribution < 1.29 is 14.0 Å². The molecule has 0 bridgehead atoms. The summed E-state index contributed by atoms with van der Waals surface area (Å²) < 4.78 is 6.79. The van der Waals surface area contributed by atoms with Crippen LogP contribution >= 0.6 is 27.5 Å². The van der Waals surface area contributed by atoms with Crippen LogP contribution in [0.1, 0.15) is 41.4 Å². The van der Waals surface area contributed by atoms with Gasteiger partial charge in [0.25, 0.3) is 5.91 Å². The van der Waals surface area contributed by atoms with Crippen LogP contribution in [0.25, 0.3) is 11.1 Å². The van der Waals surface area contributed by atoms with Crippen molar-refractivity contribution in [3.63, 3.8) is 0 Å². The Kier molecular flexibility index (Phi) is 6.39. The summed E-state index contributed by atoms with van der Waals surface area (Å²) in [6.07, 6.45) is 1.89. The molecule has 2 aromatic carbocycles. The van der Waals surface area contributed by atoms with E-state index in [1.807, 2.05) is 23.1 Å².